The minimum absolute atomic E-state index is 0.544. The maximum atomic E-state index is 4.58. The molecule has 8 aromatic rings. The van der Waals surface area contributed by atoms with Crippen molar-refractivity contribution in [1.82, 2.24) is 29.5 Å². The van der Waals surface area contributed by atoms with Gasteiger partial charge in [0.25, 0.3) is 0 Å². The first-order valence-electron chi connectivity index (χ1n) is 8.79. The van der Waals surface area contributed by atoms with Crippen molar-refractivity contribution in [1.29, 1.82) is 0 Å². The number of aromatic nitrogens is 6. The molecule has 7 heteroatoms. The maximum Gasteiger partial charge on any atom is 0.169 e. The summed E-state index contributed by atoms with van der Waals surface area (Å²) in [7, 11) is 0. The monoisotopic (exact) mass is 353 g/mol. The molecular formula is C20H15N7. The zero-order valence-corrected chi connectivity index (χ0v) is 14.6. The maximum absolute atomic E-state index is 4.58. The van der Waals surface area contributed by atoms with Crippen LogP contribution in [0.5, 0.6) is 0 Å². The third-order valence-corrected chi connectivity index (χ3v) is 5.02. The van der Waals surface area contributed by atoms with Crippen LogP contribution in [-0.4, -0.2) is 29.5 Å². The van der Waals surface area contributed by atoms with Gasteiger partial charge in [-0.05, 0) is 42.8 Å². The van der Waals surface area contributed by atoms with E-state index < -0.39 is 0 Å². The molecule has 0 atom stereocenters. The van der Waals surface area contributed by atoms with Gasteiger partial charge in [-0.1, -0.05) is 0 Å². The fraction of sp³-hybridized carbons (Fsp3) is 0.100. The van der Waals surface area contributed by atoms with Gasteiger partial charge in [-0.2, -0.15) is 5.10 Å². The summed E-state index contributed by atoms with van der Waals surface area (Å²) in [6.07, 6.45) is 5.57. The number of fused-ring (bicyclic) bond motifs is 4. The predicted molar refractivity (Wildman–Crippen MR) is 104 cm³/mol. The Bertz CT molecular complexity index is 1330. The first-order chi connectivity index (χ1) is 13.3. The van der Waals surface area contributed by atoms with Crippen LogP contribution in [0.15, 0.2) is 48.9 Å². The Morgan fingerprint density at radius 1 is 1.07 bits per heavy atom. The van der Waals surface area contributed by atoms with Crippen LogP contribution in [-0.2, 0) is 6.54 Å². The quantitative estimate of drug-likeness (QED) is 0.506. The van der Waals surface area contributed by atoms with Gasteiger partial charge in [0.05, 0.1) is 28.6 Å². The molecule has 0 amide bonds. The van der Waals surface area contributed by atoms with Gasteiger partial charge in [-0.3, -0.25) is 15.1 Å². The van der Waals surface area contributed by atoms with E-state index in [9.17, 15) is 0 Å². The summed E-state index contributed by atoms with van der Waals surface area (Å²) in [6, 6.07) is 10.7. The van der Waals surface area contributed by atoms with Gasteiger partial charge in [0.15, 0.2) is 5.82 Å². The summed E-state index contributed by atoms with van der Waals surface area (Å²) in [5, 5.41) is 11.8. The number of pyridine rings is 1. The lowest BCUT2D eigenvalue weighted by atomic mass is 9.99. The molecular weight excluding hydrogens is 338 g/mol. The summed E-state index contributed by atoms with van der Waals surface area (Å²) in [4.78, 5) is 13.4. The van der Waals surface area contributed by atoms with Crippen LogP contribution in [0.2, 0.25) is 0 Å². The highest BCUT2D eigenvalue weighted by Gasteiger charge is 2.17. The van der Waals surface area contributed by atoms with Crippen LogP contribution in [0, 0.1) is 6.92 Å². The van der Waals surface area contributed by atoms with Crippen molar-refractivity contribution in [3.63, 3.8) is 0 Å². The highest BCUT2D eigenvalue weighted by Crippen LogP contribution is 2.38. The first-order valence-corrected chi connectivity index (χ1v) is 8.79. The van der Waals surface area contributed by atoms with E-state index in [1.165, 1.54) is 16.4 Å². The molecule has 2 N–H and O–H groups in total. The van der Waals surface area contributed by atoms with E-state index in [0.717, 1.165) is 39.5 Å². The average molecular weight is 353 g/mol. The van der Waals surface area contributed by atoms with Crippen molar-refractivity contribution in [2.45, 2.75) is 13.5 Å². The first kappa shape index (κ1) is 14.4. The van der Waals surface area contributed by atoms with E-state index in [2.05, 4.69) is 65.3 Å². The highest BCUT2D eigenvalue weighted by molar-refractivity contribution is 6.08. The van der Waals surface area contributed by atoms with Crippen LogP contribution in [0.1, 0.15) is 11.6 Å². The fourth-order valence-corrected chi connectivity index (χ4v) is 3.78. The van der Waals surface area contributed by atoms with Crippen LogP contribution in [0.3, 0.4) is 0 Å². The van der Waals surface area contributed by atoms with Crippen molar-refractivity contribution in [3.05, 3.63) is 60.6 Å². The van der Waals surface area contributed by atoms with E-state index in [0.29, 0.717) is 6.54 Å². The summed E-state index contributed by atoms with van der Waals surface area (Å²) < 4.78 is 2.21. The molecule has 8 rings (SSSR count). The van der Waals surface area contributed by atoms with E-state index in [-0.39, 0.29) is 0 Å². The minimum Gasteiger partial charge on any atom is -0.378 e. The van der Waals surface area contributed by atoms with Crippen molar-refractivity contribution in [3.8, 4) is 11.1 Å². The van der Waals surface area contributed by atoms with Gasteiger partial charge in [-0.15, -0.1) is 0 Å². The summed E-state index contributed by atoms with van der Waals surface area (Å²) in [5.74, 6) is 1.54. The number of rotatable bonds is 4. The smallest absolute Gasteiger partial charge is 0.169 e. The SMILES string of the molecule is Cc1nc(CNc2cc(-c3cc4c5ccn4c5c3)c3nccnc3c2)n[nH]1. The Morgan fingerprint density at radius 3 is 2.67 bits per heavy atom. The largest absolute Gasteiger partial charge is 0.378 e. The molecule has 2 aromatic carbocycles. The summed E-state index contributed by atoms with van der Waals surface area (Å²) in [5.41, 5.74) is 7.49. The summed E-state index contributed by atoms with van der Waals surface area (Å²) >= 11 is 0. The lowest BCUT2D eigenvalue weighted by Crippen LogP contribution is -2.02. The number of benzene rings is 2. The standard InChI is InChI=1S/C20H15N7/c1-11-24-19(26-25-11)10-23-13-8-15(20-16(9-13)21-3-4-22-20)12-6-17-14-2-5-27(17)18(14)7-12/h2-9,23H,10H2,1H3,(H,24,25,26). The zero-order chi connectivity index (χ0) is 18.0. The second-order valence-electron chi connectivity index (χ2n) is 6.75. The van der Waals surface area contributed by atoms with Crippen LogP contribution >= 0.6 is 0 Å². The molecule has 130 valence electrons. The van der Waals surface area contributed by atoms with Gasteiger partial charge >= 0.3 is 0 Å². The number of aromatic amines is 1. The Balaban J connectivity index is 1.45. The molecule has 6 aromatic heterocycles. The number of hydrogen-bond acceptors (Lipinski definition) is 5. The molecule has 7 nitrogen and oxygen atoms in total. The number of anilines is 1. The van der Waals surface area contributed by atoms with E-state index in [1.54, 1.807) is 12.4 Å². The van der Waals surface area contributed by atoms with Gasteiger partial charge in [0, 0.05) is 35.2 Å². The summed E-state index contributed by atoms with van der Waals surface area (Å²) in [6.45, 7) is 2.44. The lowest BCUT2D eigenvalue weighted by Gasteiger charge is -2.15. The van der Waals surface area contributed by atoms with Crippen LogP contribution in [0.25, 0.3) is 38.6 Å². The van der Waals surface area contributed by atoms with Crippen molar-refractivity contribution >= 4 is 33.1 Å². The molecule has 0 aliphatic carbocycles. The Labute approximate surface area is 153 Å². The second-order valence-corrected chi connectivity index (χ2v) is 6.75. The Kier molecular flexibility index (Phi) is 2.75. The zero-order valence-electron chi connectivity index (χ0n) is 14.6. The van der Waals surface area contributed by atoms with Gasteiger partial charge < -0.3 is 9.72 Å². The number of aryl methyl sites for hydroxylation is 1. The van der Waals surface area contributed by atoms with Crippen molar-refractivity contribution in [2.75, 3.05) is 5.32 Å². The number of H-pyrrole nitrogens is 1. The average Bonchev–Trinajstić information content (AvgIpc) is 3.43. The molecule has 0 unspecified atom stereocenters. The molecule has 6 heterocycles. The van der Waals surface area contributed by atoms with Gasteiger partial charge in [0.2, 0.25) is 0 Å². The fourth-order valence-electron chi connectivity index (χ4n) is 3.78. The molecule has 0 saturated heterocycles. The van der Waals surface area contributed by atoms with Gasteiger partial charge in [0.1, 0.15) is 5.82 Å². The van der Waals surface area contributed by atoms with E-state index in [1.807, 2.05) is 13.0 Å². The van der Waals surface area contributed by atoms with Crippen molar-refractivity contribution < 1.29 is 0 Å². The third kappa shape index (κ3) is 2.08. The van der Waals surface area contributed by atoms with Crippen LogP contribution < -0.4 is 5.32 Å². The third-order valence-electron chi connectivity index (χ3n) is 5.02. The minimum atomic E-state index is 0.544. The highest BCUT2D eigenvalue weighted by atomic mass is 15.2. The van der Waals surface area contributed by atoms with E-state index >= 15 is 0 Å². The normalized spacial score (nSPS) is 12.0. The second kappa shape index (κ2) is 5.14. The molecule has 0 radical (unpaired) electrons. The van der Waals surface area contributed by atoms with E-state index in [4.69, 9.17) is 0 Å². The molecule has 0 aliphatic heterocycles. The number of hydrogen-bond donors (Lipinski definition) is 2. The molecule has 27 heavy (non-hydrogen) atoms. The Morgan fingerprint density at radius 2 is 1.93 bits per heavy atom. The van der Waals surface area contributed by atoms with Crippen molar-refractivity contribution in [2.24, 2.45) is 0 Å². The molecule has 4 bridgehead atoms. The molecule has 0 aliphatic rings. The van der Waals surface area contributed by atoms with Crippen LogP contribution in [0.4, 0.5) is 5.69 Å². The topological polar surface area (TPSA) is 83.8 Å². The lowest BCUT2D eigenvalue weighted by molar-refractivity contribution is 0.953. The predicted octanol–water partition coefficient (Wildman–Crippen LogP) is 3.62. The molecule has 0 fully saturated rings. The molecule has 0 saturated carbocycles. The number of nitrogens with zero attached hydrogens (tertiary/aromatic N) is 5. The molecule has 0 spiro atoms. The number of nitrogens with one attached hydrogen (secondary N) is 2. The van der Waals surface area contributed by atoms with Gasteiger partial charge in [-0.25, -0.2) is 4.98 Å². The Hall–Kier alpha value is -3.74.